The Morgan fingerprint density at radius 2 is 1.92 bits per heavy atom. The van der Waals surface area contributed by atoms with E-state index in [1.54, 1.807) is 0 Å². The van der Waals surface area contributed by atoms with Gasteiger partial charge in [0, 0.05) is 27.2 Å². The molecule has 1 aliphatic heterocycles. The quantitative estimate of drug-likeness (QED) is 0.608. The molecule has 3 rings (SSSR count). The van der Waals surface area contributed by atoms with Crippen LogP contribution in [0.25, 0.3) is 0 Å². The summed E-state index contributed by atoms with van der Waals surface area (Å²) >= 11 is 13.3. The van der Waals surface area contributed by atoms with Crippen LogP contribution in [0.2, 0.25) is 5.02 Å². The molecule has 0 amide bonds. The van der Waals surface area contributed by atoms with Gasteiger partial charge in [-0.3, -0.25) is 0 Å². The van der Waals surface area contributed by atoms with Gasteiger partial charge in [0.05, 0.1) is 4.47 Å². The summed E-state index contributed by atoms with van der Waals surface area (Å²) in [5.41, 5.74) is 7.57. The molecular weight excluding hydrogens is 457 g/mol. The molecule has 0 aromatic heterocycles. The highest BCUT2D eigenvalue weighted by molar-refractivity contribution is 9.11. The van der Waals surface area contributed by atoms with Crippen molar-refractivity contribution in [1.29, 1.82) is 0 Å². The maximum Gasteiger partial charge on any atom is 0.141 e. The van der Waals surface area contributed by atoms with E-state index in [1.165, 1.54) is 0 Å². The zero-order chi connectivity index (χ0) is 17.1. The second kappa shape index (κ2) is 7.68. The van der Waals surface area contributed by atoms with Crippen LogP contribution in [0.3, 0.4) is 0 Å². The largest absolute Gasteiger partial charge is 0.456 e. The third-order valence-corrected chi connectivity index (χ3v) is 5.03. The van der Waals surface area contributed by atoms with Gasteiger partial charge < -0.3 is 10.5 Å². The predicted octanol–water partition coefficient (Wildman–Crippen LogP) is 5.71. The molecule has 4 nitrogen and oxygen atoms in total. The van der Waals surface area contributed by atoms with E-state index in [0.717, 1.165) is 38.1 Å². The number of hydrogen-bond donors (Lipinski definition) is 1. The molecule has 0 aliphatic carbocycles. The minimum absolute atomic E-state index is 0.555. The van der Waals surface area contributed by atoms with Gasteiger partial charge in [-0.15, -0.1) is 5.10 Å². The summed E-state index contributed by atoms with van der Waals surface area (Å²) < 4.78 is 7.91. The molecule has 0 unspecified atom stereocenters. The lowest BCUT2D eigenvalue weighted by molar-refractivity contribution is 0.473. The standard InChI is InChI=1S/C17H14Br2ClN3O/c18-10-4-7-16(13(19)8-10)24-15-3-1-2-14(20)12(15)6-5-11-9-17(21)23-22-11/h1-4,7-8H,5-6,9H2,(H2,21,23). The van der Waals surface area contributed by atoms with Crippen LogP contribution in [0.1, 0.15) is 18.4 Å². The Morgan fingerprint density at radius 1 is 1.08 bits per heavy atom. The van der Waals surface area contributed by atoms with Crippen LogP contribution < -0.4 is 10.5 Å². The molecule has 0 atom stereocenters. The van der Waals surface area contributed by atoms with Crippen LogP contribution >= 0.6 is 43.5 Å². The van der Waals surface area contributed by atoms with Gasteiger partial charge in [-0.05, 0) is 59.1 Å². The third-order valence-electron chi connectivity index (χ3n) is 3.56. The van der Waals surface area contributed by atoms with Crippen molar-refractivity contribution in [2.75, 3.05) is 0 Å². The molecule has 124 valence electrons. The number of nitrogens with zero attached hydrogens (tertiary/aromatic N) is 2. The molecule has 0 spiro atoms. The average molecular weight is 472 g/mol. The Morgan fingerprint density at radius 3 is 2.62 bits per heavy atom. The van der Waals surface area contributed by atoms with Gasteiger partial charge in [0.25, 0.3) is 0 Å². The zero-order valence-electron chi connectivity index (χ0n) is 12.6. The van der Waals surface area contributed by atoms with Crippen molar-refractivity contribution in [3.8, 4) is 11.5 Å². The molecule has 0 bridgehead atoms. The first-order valence-corrected chi connectivity index (χ1v) is 9.27. The van der Waals surface area contributed by atoms with E-state index in [0.29, 0.717) is 23.7 Å². The van der Waals surface area contributed by atoms with Gasteiger partial charge in [0.2, 0.25) is 0 Å². The lowest BCUT2D eigenvalue weighted by atomic mass is 10.0. The summed E-state index contributed by atoms with van der Waals surface area (Å²) in [7, 11) is 0. The summed E-state index contributed by atoms with van der Waals surface area (Å²) in [6.07, 6.45) is 2.08. The first-order chi connectivity index (χ1) is 11.5. The number of benzene rings is 2. The highest BCUT2D eigenvalue weighted by atomic mass is 79.9. The summed E-state index contributed by atoms with van der Waals surface area (Å²) in [6.45, 7) is 0. The highest BCUT2D eigenvalue weighted by Crippen LogP contribution is 2.36. The average Bonchev–Trinajstić information content (AvgIpc) is 2.95. The molecule has 0 radical (unpaired) electrons. The number of nitrogens with two attached hydrogens (primary N) is 1. The van der Waals surface area contributed by atoms with E-state index in [2.05, 4.69) is 42.1 Å². The molecule has 0 saturated heterocycles. The summed E-state index contributed by atoms with van der Waals surface area (Å²) in [5.74, 6) is 2.02. The van der Waals surface area contributed by atoms with Crippen LogP contribution in [-0.2, 0) is 6.42 Å². The molecule has 2 aromatic carbocycles. The highest BCUT2D eigenvalue weighted by Gasteiger charge is 2.14. The van der Waals surface area contributed by atoms with Gasteiger partial charge in [0.1, 0.15) is 17.3 Å². The van der Waals surface area contributed by atoms with Crippen LogP contribution in [0.4, 0.5) is 0 Å². The van der Waals surface area contributed by atoms with E-state index >= 15 is 0 Å². The van der Waals surface area contributed by atoms with E-state index < -0.39 is 0 Å². The molecule has 0 fully saturated rings. The molecule has 0 saturated carbocycles. The monoisotopic (exact) mass is 469 g/mol. The third kappa shape index (κ3) is 4.18. The number of halogens is 3. The van der Waals surface area contributed by atoms with Crippen molar-refractivity contribution in [2.45, 2.75) is 19.3 Å². The van der Waals surface area contributed by atoms with Crippen LogP contribution in [0, 0.1) is 0 Å². The van der Waals surface area contributed by atoms with Crippen molar-refractivity contribution in [3.05, 3.63) is 55.9 Å². The fraction of sp³-hybridized carbons (Fsp3) is 0.176. The number of rotatable bonds is 5. The summed E-state index contributed by atoms with van der Waals surface area (Å²) in [5, 5.41) is 8.63. The van der Waals surface area contributed by atoms with Crippen molar-refractivity contribution in [1.82, 2.24) is 0 Å². The minimum Gasteiger partial charge on any atom is -0.456 e. The Kier molecular flexibility index (Phi) is 5.58. The van der Waals surface area contributed by atoms with Crippen LogP contribution in [-0.4, -0.2) is 11.5 Å². The molecule has 1 aliphatic rings. The second-order valence-electron chi connectivity index (χ2n) is 5.33. The molecular formula is C17H14Br2ClN3O. The fourth-order valence-corrected chi connectivity index (χ4v) is 3.76. The fourth-order valence-electron chi connectivity index (χ4n) is 2.38. The number of hydrogen-bond acceptors (Lipinski definition) is 4. The van der Waals surface area contributed by atoms with Gasteiger partial charge in [-0.1, -0.05) is 33.6 Å². The van der Waals surface area contributed by atoms with Gasteiger partial charge in [0.15, 0.2) is 0 Å². The smallest absolute Gasteiger partial charge is 0.141 e. The Hall–Kier alpha value is -1.37. The minimum atomic E-state index is 0.555. The molecule has 1 heterocycles. The first kappa shape index (κ1) is 17.5. The normalized spacial score (nSPS) is 13.6. The number of ether oxygens (including phenoxy) is 1. The van der Waals surface area contributed by atoms with Crippen LogP contribution in [0.15, 0.2) is 55.5 Å². The Bertz CT molecular complexity index is 837. The molecule has 2 N–H and O–H groups in total. The topological polar surface area (TPSA) is 60.0 Å². The molecule has 7 heteroatoms. The van der Waals surface area contributed by atoms with Crippen molar-refractivity contribution < 1.29 is 4.74 Å². The van der Waals surface area contributed by atoms with Gasteiger partial charge in [-0.25, -0.2) is 0 Å². The van der Waals surface area contributed by atoms with E-state index in [1.807, 2.05) is 36.4 Å². The summed E-state index contributed by atoms with van der Waals surface area (Å²) in [4.78, 5) is 0. The predicted molar refractivity (Wildman–Crippen MR) is 105 cm³/mol. The van der Waals surface area contributed by atoms with Crippen LogP contribution in [0.5, 0.6) is 11.5 Å². The Balaban J connectivity index is 1.79. The zero-order valence-corrected chi connectivity index (χ0v) is 16.5. The van der Waals surface area contributed by atoms with Crippen molar-refractivity contribution in [3.63, 3.8) is 0 Å². The van der Waals surface area contributed by atoms with E-state index in [4.69, 9.17) is 22.1 Å². The lowest BCUT2D eigenvalue weighted by Crippen LogP contribution is -2.12. The SMILES string of the molecule is NC1=NN=C(CCc2c(Cl)cccc2Oc2ccc(Br)cc2Br)C1. The van der Waals surface area contributed by atoms with Gasteiger partial charge in [-0.2, -0.15) is 5.10 Å². The lowest BCUT2D eigenvalue weighted by Gasteiger charge is -2.14. The van der Waals surface area contributed by atoms with E-state index in [9.17, 15) is 0 Å². The maximum atomic E-state index is 6.38. The van der Waals surface area contributed by atoms with Gasteiger partial charge >= 0.3 is 0 Å². The Labute approximate surface area is 162 Å². The summed E-state index contributed by atoms with van der Waals surface area (Å²) in [6, 6.07) is 11.4. The number of amidine groups is 1. The van der Waals surface area contributed by atoms with Crippen molar-refractivity contribution in [2.24, 2.45) is 15.9 Å². The van der Waals surface area contributed by atoms with E-state index in [-0.39, 0.29) is 0 Å². The van der Waals surface area contributed by atoms with Crippen molar-refractivity contribution >= 4 is 55.0 Å². The maximum absolute atomic E-state index is 6.38. The second-order valence-corrected chi connectivity index (χ2v) is 7.50. The first-order valence-electron chi connectivity index (χ1n) is 7.31. The molecule has 2 aromatic rings. The molecule has 24 heavy (non-hydrogen) atoms.